The third-order valence-corrected chi connectivity index (χ3v) is 5.04. The van der Waals surface area contributed by atoms with Gasteiger partial charge in [-0.1, -0.05) is 0 Å². The standard InChI is InChI=1S/C18H28N4O2/c1-21(2)11-15-12-22(16-5-9-24-10-6-16)13-17(15)20-18(23)14-3-7-19-8-4-14/h3-4,7-8,15-17H,5-6,9-13H2,1-2H3,(H,20,23)/t15-,17-/m1/s1. The van der Waals surface area contributed by atoms with Gasteiger partial charge in [0.2, 0.25) is 0 Å². The second-order valence-corrected chi connectivity index (χ2v) is 7.14. The van der Waals surface area contributed by atoms with E-state index >= 15 is 0 Å². The zero-order chi connectivity index (χ0) is 16.9. The van der Waals surface area contributed by atoms with E-state index in [1.165, 1.54) is 0 Å². The average molecular weight is 332 g/mol. The summed E-state index contributed by atoms with van der Waals surface area (Å²) in [6.07, 6.45) is 5.52. The van der Waals surface area contributed by atoms with Crippen molar-refractivity contribution in [1.29, 1.82) is 0 Å². The summed E-state index contributed by atoms with van der Waals surface area (Å²) in [5.41, 5.74) is 0.679. The summed E-state index contributed by atoms with van der Waals surface area (Å²) in [7, 11) is 4.19. The van der Waals surface area contributed by atoms with E-state index in [9.17, 15) is 4.79 Å². The van der Waals surface area contributed by atoms with Gasteiger partial charge in [-0.15, -0.1) is 0 Å². The molecule has 2 saturated heterocycles. The highest BCUT2D eigenvalue weighted by Crippen LogP contribution is 2.25. The molecule has 0 unspecified atom stereocenters. The third-order valence-electron chi connectivity index (χ3n) is 5.04. The summed E-state index contributed by atoms with van der Waals surface area (Å²) in [4.78, 5) is 21.3. The molecule has 6 nitrogen and oxygen atoms in total. The van der Waals surface area contributed by atoms with Crippen molar-refractivity contribution < 1.29 is 9.53 Å². The van der Waals surface area contributed by atoms with Crippen LogP contribution in [0.25, 0.3) is 0 Å². The lowest BCUT2D eigenvalue weighted by molar-refractivity contribution is 0.0403. The minimum absolute atomic E-state index is 0.0000152. The largest absolute Gasteiger partial charge is 0.381 e. The van der Waals surface area contributed by atoms with Crippen molar-refractivity contribution in [2.24, 2.45) is 5.92 Å². The summed E-state index contributed by atoms with van der Waals surface area (Å²) in [6, 6.07) is 4.31. The molecule has 0 spiro atoms. The fraction of sp³-hybridized carbons (Fsp3) is 0.667. The molecule has 1 amide bonds. The first-order valence-electron chi connectivity index (χ1n) is 8.81. The molecule has 2 aliphatic rings. The van der Waals surface area contributed by atoms with Crippen molar-refractivity contribution in [2.45, 2.75) is 24.9 Å². The van der Waals surface area contributed by atoms with Crippen LogP contribution in [0.5, 0.6) is 0 Å². The lowest BCUT2D eigenvalue weighted by atomic mass is 10.0. The van der Waals surface area contributed by atoms with E-state index in [4.69, 9.17) is 4.74 Å². The van der Waals surface area contributed by atoms with Crippen molar-refractivity contribution in [1.82, 2.24) is 20.1 Å². The Morgan fingerprint density at radius 3 is 2.67 bits per heavy atom. The third kappa shape index (κ3) is 4.32. The quantitative estimate of drug-likeness (QED) is 0.866. The molecule has 0 aliphatic carbocycles. The molecular formula is C18H28N4O2. The van der Waals surface area contributed by atoms with Crippen LogP contribution in [-0.4, -0.2) is 79.7 Å². The number of nitrogens with zero attached hydrogens (tertiary/aromatic N) is 3. The van der Waals surface area contributed by atoms with Crippen LogP contribution in [0.1, 0.15) is 23.2 Å². The van der Waals surface area contributed by atoms with Crippen molar-refractivity contribution in [2.75, 3.05) is 46.9 Å². The smallest absolute Gasteiger partial charge is 0.251 e. The summed E-state index contributed by atoms with van der Waals surface area (Å²) >= 11 is 0. The van der Waals surface area contributed by atoms with Crippen LogP contribution < -0.4 is 5.32 Å². The fourth-order valence-corrected chi connectivity index (χ4v) is 3.83. The highest BCUT2D eigenvalue weighted by atomic mass is 16.5. The van der Waals surface area contributed by atoms with E-state index in [1.807, 2.05) is 0 Å². The second kappa shape index (κ2) is 8.05. The monoisotopic (exact) mass is 332 g/mol. The number of hydrogen-bond acceptors (Lipinski definition) is 5. The van der Waals surface area contributed by atoms with Crippen LogP contribution in [0.15, 0.2) is 24.5 Å². The summed E-state index contributed by atoms with van der Waals surface area (Å²) in [5, 5.41) is 3.25. The minimum Gasteiger partial charge on any atom is -0.381 e. The Morgan fingerprint density at radius 1 is 1.29 bits per heavy atom. The number of nitrogens with one attached hydrogen (secondary N) is 1. The summed E-state index contributed by atoms with van der Waals surface area (Å²) in [6.45, 7) is 4.67. The van der Waals surface area contributed by atoms with E-state index in [2.05, 4.69) is 34.2 Å². The molecule has 132 valence electrons. The number of hydrogen-bond donors (Lipinski definition) is 1. The Morgan fingerprint density at radius 2 is 2.00 bits per heavy atom. The molecule has 0 radical (unpaired) electrons. The van der Waals surface area contributed by atoms with Gasteiger partial charge in [-0.2, -0.15) is 0 Å². The molecule has 0 bridgehead atoms. The molecule has 2 fully saturated rings. The number of carbonyl (C=O) groups excluding carboxylic acids is 1. The van der Waals surface area contributed by atoms with Gasteiger partial charge in [0, 0.05) is 68.8 Å². The number of ether oxygens (including phenoxy) is 1. The maximum atomic E-state index is 12.5. The average Bonchev–Trinajstić information content (AvgIpc) is 2.98. The summed E-state index contributed by atoms with van der Waals surface area (Å²) < 4.78 is 5.49. The van der Waals surface area contributed by atoms with Crippen molar-refractivity contribution in [3.05, 3.63) is 30.1 Å². The Hall–Kier alpha value is -1.50. The lowest BCUT2D eigenvalue weighted by Crippen LogP contribution is -2.44. The number of amides is 1. The zero-order valence-electron chi connectivity index (χ0n) is 14.6. The zero-order valence-corrected chi connectivity index (χ0v) is 14.6. The van der Waals surface area contributed by atoms with Gasteiger partial charge >= 0.3 is 0 Å². The Kier molecular flexibility index (Phi) is 5.81. The number of aromatic nitrogens is 1. The van der Waals surface area contributed by atoms with Gasteiger partial charge in [-0.3, -0.25) is 14.7 Å². The molecule has 24 heavy (non-hydrogen) atoms. The first-order valence-corrected chi connectivity index (χ1v) is 8.81. The molecule has 0 saturated carbocycles. The normalized spacial score (nSPS) is 26.0. The Balaban J connectivity index is 1.65. The predicted octanol–water partition coefficient (Wildman–Crippen LogP) is 0.852. The van der Waals surface area contributed by atoms with Gasteiger partial charge in [-0.05, 0) is 39.1 Å². The topological polar surface area (TPSA) is 57.7 Å². The molecule has 1 aromatic rings. The van der Waals surface area contributed by atoms with Gasteiger partial charge in [0.1, 0.15) is 0 Å². The highest BCUT2D eigenvalue weighted by Gasteiger charge is 2.37. The first-order chi connectivity index (χ1) is 11.6. The predicted molar refractivity (Wildman–Crippen MR) is 92.9 cm³/mol. The van der Waals surface area contributed by atoms with Gasteiger partial charge in [0.15, 0.2) is 0 Å². The SMILES string of the molecule is CN(C)C[C@@H]1CN(C2CCOCC2)C[C@H]1NC(=O)c1ccncc1. The van der Waals surface area contributed by atoms with Crippen LogP contribution in [0.3, 0.4) is 0 Å². The Labute approximate surface area is 144 Å². The number of pyridine rings is 1. The lowest BCUT2D eigenvalue weighted by Gasteiger charge is -2.31. The Bertz CT molecular complexity index is 531. The number of likely N-dealkylation sites (tertiary alicyclic amines) is 1. The fourth-order valence-electron chi connectivity index (χ4n) is 3.83. The van der Waals surface area contributed by atoms with Crippen molar-refractivity contribution >= 4 is 5.91 Å². The molecule has 3 rings (SSSR count). The van der Waals surface area contributed by atoms with E-state index in [0.717, 1.165) is 45.7 Å². The molecule has 2 atom stereocenters. The van der Waals surface area contributed by atoms with Crippen LogP contribution in [0, 0.1) is 5.92 Å². The molecule has 0 aromatic carbocycles. The maximum Gasteiger partial charge on any atom is 0.251 e. The first kappa shape index (κ1) is 17.3. The van der Waals surface area contributed by atoms with E-state index < -0.39 is 0 Å². The molecule has 6 heteroatoms. The van der Waals surface area contributed by atoms with Crippen LogP contribution in [-0.2, 0) is 4.74 Å². The maximum absolute atomic E-state index is 12.5. The minimum atomic E-state index is -0.0000152. The molecular weight excluding hydrogens is 304 g/mol. The van der Waals surface area contributed by atoms with Crippen molar-refractivity contribution in [3.8, 4) is 0 Å². The van der Waals surface area contributed by atoms with Crippen LogP contribution in [0.2, 0.25) is 0 Å². The van der Waals surface area contributed by atoms with E-state index in [1.54, 1.807) is 24.5 Å². The van der Waals surface area contributed by atoms with Gasteiger partial charge in [0.25, 0.3) is 5.91 Å². The van der Waals surface area contributed by atoms with Crippen molar-refractivity contribution in [3.63, 3.8) is 0 Å². The van der Waals surface area contributed by atoms with E-state index in [0.29, 0.717) is 17.5 Å². The molecule has 1 aromatic heterocycles. The second-order valence-electron chi connectivity index (χ2n) is 7.14. The van der Waals surface area contributed by atoms with Crippen LogP contribution >= 0.6 is 0 Å². The van der Waals surface area contributed by atoms with Gasteiger partial charge in [0.05, 0.1) is 0 Å². The van der Waals surface area contributed by atoms with Gasteiger partial charge < -0.3 is 15.0 Å². The van der Waals surface area contributed by atoms with Crippen LogP contribution in [0.4, 0.5) is 0 Å². The molecule has 1 N–H and O–H groups in total. The number of carbonyl (C=O) groups is 1. The van der Waals surface area contributed by atoms with Gasteiger partial charge in [-0.25, -0.2) is 0 Å². The van der Waals surface area contributed by atoms with E-state index in [-0.39, 0.29) is 11.9 Å². The molecule has 2 aliphatic heterocycles. The summed E-state index contributed by atoms with van der Waals surface area (Å²) in [5.74, 6) is 0.452. The number of rotatable bonds is 5. The molecule has 3 heterocycles. The highest BCUT2D eigenvalue weighted by molar-refractivity contribution is 5.94.